The van der Waals surface area contributed by atoms with Crippen LogP contribution in [0.4, 0.5) is 0 Å². The van der Waals surface area contributed by atoms with Gasteiger partial charge in [-0.25, -0.2) is 4.98 Å². The quantitative estimate of drug-likeness (QED) is 0.669. The fraction of sp³-hybridized carbons (Fsp3) is 0. The Bertz CT molecular complexity index is 525. The number of nitrogens with one attached hydrogen (secondary N) is 1. The molecule has 0 fully saturated rings. The van der Waals surface area contributed by atoms with Crippen LogP contribution in [-0.2, 0) is 0 Å². The number of H-pyrrole nitrogens is 1. The number of halogens is 2. The van der Waals surface area contributed by atoms with Gasteiger partial charge in [0.15, 0.2) is 5.15 Å². The molecular weight excluding hydrogens is 257 g/mol. The molecule has 0 saturated carbocycles. The third-order valence-electron chi connectivity index (χ3n) is 2.06. The second kappa shape index (κ2) is 5.66. The summed E-state index contributed by atoms with van der Waals surface area (Å²) >= 11 is 10.7. The molecule has 1 aromatic carbocycles. The molecule has 2 aromatic heterocycles. The molecule has 3 nitrogen and oxygen atoms in total. The smallest absolute Gasteiger partial charge is 0.165 e. The molecule has 0 aliphatic rings. The number of hydrogen-bond acceptors (Lipinski definition) is 2. The van der Waals surface area contributed by atoms with Crippen molar-refractivity contribution in [3.63, 3.8) is 0 Å². The van der Waals surface area contributed by atoms with Crippen molar-refractivity contribution in [2.75, 3.05) is 0 Å². The number of nitrogens with zero attached hydrogens (tertiary/aromatic N) is 2. The second-order valence-electron chi connectivity index (χ2n) is 3.20. The Balaban J connectivity index is 0.000000136. The first-order chi connectivity index (χ1) is 8.27. The lowest BCUT2D eigenvalue weighted by molar-refractivity contribution is 1.31. The summed E-state index contributed by atoms with van der Waals surface area (Å²) in [6, 6.07) is 12.1. The summed E-state index contributed by atoms with van der Waals surface area (Å²) in [5.74, 6) is 0. The number of fused-ring (bicyclic) bond motifs is 1. The van der Waals surface area contributed by atoms with Crippen molar-refractivity contribution in [3.8, 4) is 0 Å². The van der Waals surface area contributed by atoms with Gasteiger partial charge in [0.1, 0.15) is 5.15 Å². The summed E-state index contributed by atoms with van der Waals surface area (Å²) in [4.78, 5) is 10.4. The zero-order valence-electron chi connectivity index (χ0n) is 8.77. The van der Waals surface area contributed by atoms with Gasteiger partial charge in [-0.3, -0.25) is 4.98 Å². The maximum atomic E-state index is 5.37. The summed E-state index contributed by atoms with van der Waals surface area (Å²) in [6.07, 6.45) is 3.24. The van der Waals surface area contributed by atoms with Crippen LogP contribution in [0.5, 0.6) is 0 Å². The summed E-state index contributed by atoms with van der Waals surface area (Å²) in [7, 11) is 0. The van der Waals surface area contributed by atoms with Gasteiger partial charge in [-0.1, -0.05) is 47.5 Å². The van der Waals surface area contributed by atoms with E-state index < -0.39 is 0 Å². The molecule has 0 spiro atoms. The average molecular weight is 266 g/mol. The first-order valence-corrected chi connectivity index (χ1v) is 5.67. The average Bonchev–Trinajstić information content (AvgIpc) is 2.75. The molecule has 2 heterocycles. The Morgan fingerprint density at radius 3 is 2.29 bits per heavy atom. The Hall–Kier alpha value is -1.58. The van der Waals surface area contributed by atoms with Gasteiger partial charge in [0.25, 0.3) is 0 Å². The summed E-state index contributed by atoms with van der Waals surface area (Å²) in [5, 5.41) is 1.91. The molecule has 0 saturated heterocycles. The van der Waals surface area contributed by atoms with Gasteiger partial charge in [0.2, 0.25) is 0 Å². The van der Waals surface area contributed by atoms with E-state index in [1.54, 1.807) is 0 Å². The number of hydrogen-bond donors (Lipinski definition) is 1. The van der Waals surface area contributed by atoms with Crippen LogP contribution in [0.3, 0.4) is 0 Å². The Morgan fingerprint density at radius 1 is 0.941 bits per heavy atom. The highest BCUT2D eigenvalue weighted by Crippen LogP contribution is 2.13. The Labute approximate surface area is 108 Å². The standard InChI is InChI=1S/C9H7N.C3H2Cl2N2/c1-2-6-9-8(4-1)5-3-7-10-9;4-2-3(5)7-1-6-2/h1-7H;1H,(H,6,7). The fourth-order valence-electron chi connectivity index (χ4n) is 1.28. The first-order valence-electron chi connectivity index (χ1n) is 4.91. The van der Waals surface area contributed by atoms with Crippen molar-refractivity contribution in [1.29, 1.82) is 0 Å². The number of pyridine rings is 1. The van der Waals surface area contributed by atoms with Gasteiger partial charge in [-0.05, 0) is 12.1 Å². The monoisotopic (exact) mass is 265 g/mol. The molecule has 3 aromatic rings. The van der Waals surface area contributed by atoms with E-state index in [1.807, 2.05) is 30.5 Å². The molecule has 1 N–H and O–H groups in total. The van der Waals surface area contributed by atoms with Crippen molar-refractivity contribution in [1.82, 2.24) is 15.0 Å². The van der Waals surface area contributed by atoms with Gasteiger partial charge in [-0.2, -0.15) is 0 Å². The molecule has 0 atom stereocenters. The molecular formula is C12H9Cl2N3. The van der Waals surface area contributed by atoms with Crippen LogP contribution in [-0.4, -0.2) is 15.0 Å². The van der Waals surface area contributed by atoms with Crippen molar-refractivity contribution in [2.45, 2.75) is 0 Å². The van der Waals surface area contributed by atoms with E-state index in [0.717, 1.165) is 5.52 Å². The summed E-state index contributed by atoms with van der Waals surface area (Å²) in [5.41, 5.74) is 1.06. The zero-order chi connectivity index (χ0) is 12.1. The summed E-state index contributed by atoms with van der Waals surface area (Å²) in [6.45, 7) is 0. The normalized spacial score (nSPS) is 9.76. The van der Waals surface area contributed by atoms with E-state index in [1.165, 1.54) is 11.7 Å². The number of rotatable bonds is 0. The lowest BCUT2D eigenvalue weighted by Crippen LogP contribution is -1.73. The van der Waals surface area contributed by atoms with Crippen LogP contribution < -0.4 is 0 Å². The fourth-order valence-corrected chi connectivity index (χ4v) is 1.48. The predicted octanol–water partition coefficient (Wildman–Crippen LogP) is 3.95. The van der Waals surface area contributed by atoms with E-state index in [-0.39, 0.29) is 0 Å². The SMILES string of the molecule is Clc1nc[nH]c1Cl.c1ccc2ncccc2c1. The highest BCUT2D eigenvalue weighted by atomic mass is 35.5. The van der Waals surface area contributed by atoms with Crippen LogP contribution >= 0.6 is 23.2 Å². The second-order valence-corrected chi connectivity index (χ2v) is 3.94. The van der Waals surface area contributed by atoms with Crippen molar-refractivity contribution in [3.05, 3.63) is 59.2 Å². The third-order valence-corrected chi connectivity index (χ3v) is 2.73. The van der Waals surface area contributed by atoms with Gasteiger partial charge in [0.05, 0.1) is 11.8 Å². The highest BCUT2D eigenvalue weighted by Gasteiger charge is 1.93. The molecule has 0 unspecified atom stereocenters. The van der Waals surface area contributed by atoms with Gasteiger partial charge in [0, 0.05) is 11.6 Å². The number of aromatic nitrogens is 3. The lowest BCUT2D eigenvalue weighted by atomic mass is 10.2. The molecule has 86 valence electrons. The van der Waals surface area contributed by atoms with Crippen LogP contribution in [0.1, 0.15) is 0 Å². The molecule has 0 amide bonds. The molecule has 0 bridgehead atoms. The molecule has 0 aliphatic heterocycles. The lowest BCUT2D eigenvalue weighted by Gasteiger charge is -1.91. The van der Waals surface area contributed by atoms with Crippen LogP contribution in [0, 0.1) is 0 Å². The predicted molar refractivity (Wildman–Crippen MR) is 70.4 cm³/mol. The number of imidazole rings is 1. The van der Waals surface area contributed by atoms with Crippen molar-refractivity contribution < 1.29 is 0 Å². The van der Waals surface area contributed by atoms with E-state index in [4.69, 9.17) is 23.2 Å². The summed E-state index contributed by atoms with van der Waals surface area (Å²) < 4.78 is 0. The Kier molecular flexibility index (Phi) is 3.96. The molecule has 5 heteroatoms. The minimum Gasteiger partial charge on any atom is -0.334 e. The van der Waals surface area contributed by atoms with Gasteiger partial charge >= 0.3 is 0 Å². The van der Waals surface area contributed by atoms with E-state index in [0.29, 0.717) is 10.3 Å². The van der Waals surface area contributed by atoms with Crippen molar-refractivity contribution in [2.24, 2.45) is 0 Å². The van der Waals surface area contributed by atoms with E-state index in [2.05, 4.69) is 27.1 Å². The zero-order valence-corrected chi connectivity index (χ0v) is 10.3. The van der Waals surface area contributed by atoms with E-state index in [9.17, 15) is 0 Å². The minimum atomic E-state index is 0.321. The van der Waals surface area contributed by atoms with Crippen molar-refractivity contribution >= 4 is 34.1 Å². The molecule has 0 radical (unpaired) electrons. The van der Waals surface area contributed by atoms with Gasteiger partial charge < -0.3 is 4.98 Å². The molecule has 3 rings (SSSR count). The largest absolute Gasteiger partial charge is 0.334 e. The van der Waals surface area contributed by atoms with E-state index >= 15 is 0 Å². The topological polar surface area (TPSA) is 41.6 Å². The molecule has 17 heavy (non-hydrogen) atoms. The number of para-hydroxylation sites is 1. The first kappa shape index (κ1) is 11.9. The maximum absolute atomic E-state index is 5.37. The van der Waals surface area contributed by atoms with Crippen LogP contribution in [0.25, 0.3) is 10.9 Å². The maximum Gasteiger partial charge on any atom is 0.165 e. The number of aromatic amines is 1. The van der Waals surface area contributed by atoms with Gasteiger partial charge in [-0.15, -0.1) is 0 Å². The van der Waals surface area contributed by atoms with Crippen LogP contribution in [0.15, 0.2) is 48.9 Å². The van der Waals surface area contributed by atoms with Crippen LogP contribution in [0.2, 0.25) is 10.3 Å². The number of benzene rings is 1. The minimum absolute atomic E-state index is 0.321. The molecule has 0 aliphatic carbocycles. The highest BCUT2D eigenvalue weighted by molar-refractivity contribution is 6.40. The Morgan fingerprint density at radius 2 is 1.71 bits per heavy atom. The third kappa shape index (κ3) is 3.19.